The molecule has 2 aliphatic rings. The number of piperidine rings is 1. The summed E-state index contributed by atoms with van der Waals surface area (Å²) in [7, 11) is -3.40. The van der Waals surface area contributed by atoms with Crippen molar-refractivity contribution in [1.29, 1.82) is 0 Å². The minimum absolute atomic E-state index is 0.0765. The lowest BCUT2D eigenvalue weighted by Gasteiger charge is -2.42. The molecule has 1 aromatic carbocycles. The van der Waals surface area contributed by atoms with Gasteiger partial charge in [-0.3, -0.25) is 9.97 Å². The number of rotatable bonds is 5. The van der Waals surface area contributed by atoms with Gasteiger partial charge < -0.3 is 10.1 Å². The first-order valence-corrected chi connectivity index (χ1v) is 12.9. The number of fused-ring (bicyclic) bond motifs is 1. The molecule has 32 heavy (non-hydrogen) atoms. The second-order valence-corrected chi connectivity index (χ2v) is 10.7. The van der Waals surface area contributed by atoms with Crippen LogP contribution in [0.25, 0.3) is 11.3 Å². The Balaban J connectivity index is 1.45. The molecule has 0 unspecified atom stereocenters. The summed E-state index contributed by atoms with van der Waals surface area (Å²) < 4.78 is 32.4. The summed E-state index contributed by atoms with van der Waals surface area (Å²) in [5, 5.41) is 3.41. The molecular formula is C25H27N3O3S. The number of hydrogen-bond donors (Lipinski definition) is 1. The van der Waals surface area contributed by atoms with Gasteiger partial charge in [0.05, 0.1) is 22.9 Å². The Morgan fingerprint density at radius 2 is 1.75 bits per heavy atom. The Kier molecular flexibility index (Phi) is 5.69. The first-order chi connectivity index (χ1) is 15.5. The molecule has 6 nitrogen and oxygen atoms in total. The van der Waals surface area contributed by atoms with Crippen molar-refractivity contribution in [3.63, 3.8) is 0 Å². The molecule has 1 fully saturated rings. The molecule has 1 N–H and O–H groups in total. The molecule has 0 bridgehead atoms. The van der Waals surface area contributed by atoms with Crippen molar-refractivity contribution < 1.29 is 13.2 Å². The Morgan fingerprint density at radius 3 is 2.56 bits per heavy atom. The summed E-state index contributed by atoms with van der Waals surface area (Å²) in [5.74, 6) is 0.741. The van der Waals surface area contributed by atoms with E-state index >= 15 is 0 Å². The normalized spacial score (nSPS) is 17.5. The summed E-state index contributed by atoms with van der Waals surface area (Å²) in [6.45, 7) is 1.96. The number of nitrogens with one attached hydrogen (secondary N) is 1. The number of nitrogens with zero attached hydrogens (tertiary/aromatic N) is 2. The highest BCUT2D eigenvalue weighted by Crippen LogP contribution is 2.42. The van der Waals surface area contributed by atoms with E-state index in [9.17, 15) is 8.42 Å². The lowest BCUT2D eigenvalue weighted by Crippen LogP contribution is -2.48. The second kappa shape index (κ2) is 8.64. The van der Waals surface area contributed by atoms with Gasteiger partial charge in [-0.05, 0) is 68.6 Å². The Labute approximate surface area is 189 Å². The van der Waals surface area contributed by atoms with E-state index in [1.54, 1.807) is 36.7 Å². The van der Waals surface area contributed by atoms with E-state index in [1.807, 2.05) is 24.3 Å². The monoisotopic (exact) mass is 449 g/mol. The molecule has 166 valence electrons. The molecule has 2 aromatic heterocycles. The van der Waals surface area contributed by atoms with Crippen LogP contribution in [0.4, 0.5) is 0 Å². The van der Waals surface area contributed by atoms with Crippen LogP contribution in [0, 0.1) is 0 Å². The molecule has 2 aliphatic heterocycles. The summed E-state index contributed by atoms with van der Waals surface area (Å²) >= 11 is 0. The third kappa shape index (κ3) is 4.40. The van der Waals surface area contributed by atoms with Gasteiger partial charge in [0.2, 0.25) is 0 Å². The van der Waals surface area contributed by atoms with E-state index in [0.29, 0.717) is 11.3 Å². The fourth-order valence-electron chi connectivity index (χ4n) is 4.81. The molecule has 0 saturated carbocycles. The summed E-state index contributed by atoms with van der Waals surface area (Å²) in [4.78, 5) is 8.78. The van der Waals surface area contributed by atoms with Gasteiger partial charge in [-0.25, -0.2) is 8.42 Å². The smallest absolute Gasteiger partial charge is 0.160 e. The lowest BCUT2D eigenvalue weighted by molar-refractivity contribution is 0.0171. The third-order valence-corrected chi connectivity index (χ3v) is 7.91. The maximum absolute atomic E-state index is 12.9. The first-order valence-electron chi connectivity index (χ1n) is 11.1. The molecule has 0 atom stereocenters. The molecule has 0 aliphatic carbocycles. The molecule has 0 radical (unpaired) electrons. The number of aromatic nitrogens is 2. The Morgan fingerprint density at radius 1 is 0.906 bits per heavy atom. The van der Waals surface area contributed by atoms with Gasteiger partial charge in [0.15, 0.2) is 9.84 Å². The molecule has 1 saturated heterocycles. The third-order valence-electron chi connectivity index (χ3n) is 6.42. The standard InChI is InChI=1S/C25H27N3O3S/c29-32(30,18-20-6-1-2-13-27-20)17-19-5-4-14-28-24(19)22-7-3-8-23-21(22)9-10-25(31-23)11-15-26-16-12-25/h1-8,13-14,26H,9-12,15-18H2. The van der Waals surface area contributed by atoms with Gasteiger partial charge in [-0.2, -0.15) is 0 Å². The Hall–Kier alpha value is -2.77. The molecule has 4 heterocycles. The SMILES string of the molecule is O=S(=O)(Cc1ccccn1)Cc1cccnc1-c1cccc2c1CCC1(CCNCC1)O2. The quantitative estimate of drug-likeness (QED) is 0.640. The van der Waals surface area contributed by atoms with Crippen LogP contribution in [-0.2, 0) is 27.8 Å². The number of benzene rings is 1. The van der Waals surface area contributed by atoms with Crippen LogP contribution in [0.1, 0.15) is 36.1 Å². The van der Waals surface area contributed by atoms with Crippen molar-refractivity contribution in [2.24, 2.45) is 0 Å². The number of hydrogen-bond acceptors (Lipinski definition) is 6. The van der Waals surface area contributed by atoms with Crippen LogP contribution in [0.5, 0.6) is 5.75 Å². The van der Waals surface area contributed by atoms with Gasteiger partial charge in [0, 0.05) is 23.5 Å². The van der Waals surface area contributed by atoms with Crippen LogP contribution in [0.3, 0.4) is 0 Å². The van der Waals surface area contributed by atoms with E-state index in [1.165, 1.54) is 0 Å². The van der Waals surface area contributed by atoms with Crippen molar-refractivity contribution >= 4 is 9.84 Å². The number of ether oxygens (including phenoxy) is 1. The first kappa shape index (κ1) is 21.1. The molecule has 0 amide bonds. The van der Waals surface area contributed by atoms with Crippen molar-refractivity contribution in [3.05, 3.63) is 77.7 Å². The lowest BCUT2D eigenvalue weighted by atomic mass is 9.82. The highest BCUT2D eigenvalue weighted by Gasteiger charge is 2.38. The fraction of sp³-hybridized carbons (Fsp3) is 0.360. The Bertz CT molecular complexity index is 1210. The van der Waals surface area contributed by atoms with Crippen LogP contribution < -0.4 is 10.1 Å². The van der Waals surface area contributed by atoms with E-state index in [4.69, 9.17) is 4.74 Å². The molecule has 3 aromatic rings. The average Bonchev–Trinajstić information content (AvgIpc) is 2.79. The van der Waals surface area contributed by atoms with Crippen LogP contribution >= 0.6 is 0 Å². The van der Waals surface area contributed by atoms with E-state index < -0.39 is 9.84 Å². The molecule has 7 heteroatoms. The minimum Gasteiger partial charge on any atom is -0.487 e. The van der Waals surface area contributed by atoms with Crippen LogP contribution in [-0.4, -0.2) is 37.1 Å². The van der Waals surface area contributed by atoms with Gasteiger partial charge in [-0.15, -0.1) is 0 Å². The van der Waals surface area contributed by atoms with Gasteiger partial charge >= 0.3 is 0 Å². The predicted octanol–water partition coefficient (Wildman–Crippen LogP) is 3.71. The van der Waals surface area contributed by atoms with E-state index in [-0.39, 0.29) is 17.1 Å². The van der Waals surface area contributed by atoms with Crippen molar-refractivity contribution in [1.82, 2.24) is 15.3 Å². The summed E-state index contributed by atoms with van der Waals surface area (Å²) in [6.07, 6.45) is 7.24. The zero-order valence-corrected chi connectivity index (χ0v) is 18.8. The summed E-state index contributed by atoms with van der Waals surface area (Å²) in [6, 6.07) is 15.0. The topological polar surface area (TPSA) is 81.2 Å². The van der Waals surface area contributed by atoms with Gasteiger partial charge in [0.25, 0.3) is 0 Å². The largest absolute Gasteiger partial charge is 0.487 e. The maximum atomic E-state index is 12.9. The van der Waals surface area contributed by atoms with Crippen molar-refractivity contribution in [2.45, 2.75) is 42.8 Å². The highest BCUT2D eigenvalue weighted by molar-refractivity contribution is 7.89. The maximum Gasteiger partial charge on any atom is 0.160 e. The van der Waals surface area contributed by atoms with Crippen molar-refractivity contribution in [3.8, 4) is 17.0 Å². The molecular weight excluding hydrogens is 422 g/mol. The summed E-state index contributed by atoms with van der Waals surface area (Å²) in [5.41, 5.74) is 3.98. The van der Waals surface area contributed by atoms with Crippen LogP contribution in [0.2, 0.25) is 0 Å². The second-order valence-electron chi connectivity index (χ2n) is 8.68. The van der Waals surface area contributed by atoms with Crippen LogP contribution in [0.15, 0.2) is 60.9 Å². The fourth-order valence-corrected chi connectivity index (χ4v) is 6.24. The van der Waals surface area contributed by atoms with E-state index in [2.05, 4.69) is 15.3 Å². The molecule has 1 spiro atoms. The zero-order chi connectivity index (χ0) is 22.0. The number of pyridine rings is 2. The van der Waals surface area contributed by atoms with Crippen molar-refractivity contribution in [2.75, 3.05) is 13.1 Å². The van der Waals surface area contributed by atoms with E-state index in [0.717, 1.165) is 61.3 Å². The minimum atomic E-state index is -3.40. The van der Waals surface area contributed by atoms with Gasteiger partial charge in [0.1, 0.15) is 11.4 Å². The van der Waals surface area contributed by atoms with Gasteiger partial charge in [-0.1, -0.05) is 24.3 Å². The highest BCUT2D eigenvalue weighted by atomic mass is 32.2. The average molecular weight is 450 g/mol. The predicted molar refractivity (Wildman–Crippen MR) is 124 cm³/mol. The number of sulfone groups is 1. The molecule has 5 rings (SSSR count). The zero-order valence-electron chi connectivity index (χ0n) is 18.0.